The molecule has 14 aliphatic carbocycles. The first-order chi connectivity index (χ1) is 48.4. The molecule has 0 saturated heterocycles. The number of fused-ring (bicyclic) bond motifs is 10. The second-order valence-electron chi connectivity index (χ2n) is 39.9. The molecule has 14 aliphatic rings. The fourth-order valence-electron chi connectivity index (χ4n) is 22.9. The molecule has 0 radical (unpaired) electrons. The van der Waals surface area contributed by atoms with E-state index in [2.05, 4.69) is 218 Å². The Balaban J connectivity index is 0. The highest BCUT2D eigenvalue weighted by atomic mass is 14.7. The summed E-state index contributed by atoms with van der Waals surface area (Å²) in [7, 11) is 0. The molecule has 1 aromatic carbocycles. The van der Waals surface area contributed by atoms with Crippen molar-refractivity contribution in [2.75, 3.05) is 0 Å². The van der Waals surface area contributed by atoms with Crippen LogP contribution >= 0.6 is 0 Å². The van der Waals surface area contributed by atoms with Gasteiger partial charge in [0.1, 0.15) is 0 Å². The van der Waals surface area contributed by atoms with Gasteiger partial charge in [-0.25, -0.2) is 0 Å². The number of hydrogen-bond donors (Lipinski definition) is 0. The van der Waals surface area contributed by atoms with Gasteiger partial charge in [-0.2, -0.15) is 0 Å². The Morgan fingerprint density at radius 1 is 0.214 bits per heavy atom. The summed E-state index contributed by atoms with van der Waals surface area (Å²) in [5, 5.41) is 0. The van der Waals surface area contributed by atoms with E-state index in [1.165, 1.54) is 140 Å². The van der Waals surface area contributed by atoms with E-state index in [1.54, 1.807) is 32.1 Å². The molecule has 0 aliphatic heterocycles. The first kappa shape index (κ1) is 104. The third-order valence-electron chi connectivity index (χ3n) is 31.4. The molecule has 0 nitrogen and oxygen atoms in total. The summed E-state index contributed by atoms with van der Waals surface area (Å²) in [6.07, 6.45) is 38.1. The lowest BCUT2D eigenvalue weighted by molar-refractivity contribution is -0.252. The molecule has 8 atom stereocenters. The molecule has 15 rings (SSSR count). The maximum absolute atomic E-state index is 2.44. The third kappa shape index (κ3) is 28.4. The molecular formula is C103H204. The van der Waals surface area contributed by atoms with Gasteiger partial charge in [0.2, 0.25) is 0 Å². The van der Waals surface area contributed by atoms with Crippen LogP contribution in [0.15, 0.2) is 24.3 Å². The van der Waals surface area contributed by atoms with Gasteiger partial charge < -0.3 is 0 Å². The first-order valence-electron chi connectivity index (χ1n) is 47.5. The summed E-state index contributed by atoms with van der Waals surface area (Å²) in [6, 6.07) is 8.94. The van der Waals surface area contributed by atoms with Crippen molar-refractivity contribution in [3.63, 3.8) is 0 Å². The number of benzene rings is 1. The first-order valence-corrected chi connectivity index (χ1v) is 47.5. The maximum atomic E-state index is 2.44. The summed E-state index contributed by atoms with van der Waals surface area (Å²) >= 11 is 0. The molecule has 14 saturated carbocycles. The molecule has 0 spiro atoms. The van der Waals surface area contributed by atoms with Gasteiger partial charge in [0, 0.05) is 0 Å². The minimum absolute atomic E-state index is 0.645. The summed E-state index contributed by atoms with van der Waals surface area (Å²) in [6.45, 7) is 94.8. The minimum atomic E-state index is 0.645. The monoisotopic (exact) mass is 1440 g/mol. The van der Waals surface area contributed by atoms with Crippen molar-refractivity contribution in [3.8, 4) is 0 Å². The SMILES string of the molecule is CC.CC.CC.CC.CC.CC.CC.CC(C)C12CC(C(C)C)(C1)C2.CC(C)C12CCC(C(C)C)(CC1)C2.CC(C)C12CCC(C(C)C)(CC1)CC2.CC(C)C1CC2CC1CC2C(C)C.CC(C)C1CC2CCC1CC2C(C)C.CC(C)C1CCC(C(C)C)CC1.CC(C)c1ccc(C(C)C)cc1. The van der Waals surface area contributed by atoms with Crippen LogP contribution in [0, 0.1) is 163 Å². The minimum Gasteiger partial charge on any atom is -0.0683 e. The van der Waals surface area contributed by atoms with Crippen LogP contribution in [0.5, 0.6) is 0 Å². The van der Waals surface area contributed by atoms with Crippen LogP contribution in [0.2, 0.25) is 0 Å². The molecule has 8 unspecified atom stereocenters. The van der Waals surface area contributed by atoms with Crippen molar-refractivity contribution in [2.45, 2.75) is 463 Å². The molecule has 0 heterocycles. The molecule has 0 aromatic heterocycles. The Bertz CT molecular complexity index is 1970. The Kier molecular flexibility index (Phi) is 50.9. The maximum Gasteiger partial charge on any atom is -0.0219 e. The molecule has 616 valence electrons. The lowest BCUT2D eigenvalue weighted by Crippen LogP contribution is -2.66. The van der Waals surface area contributed by atoms with Crippen molar-refractivity contribution in [1.82, 2.24) is 0 Å². The molecule has 0 N–H and O–H groups in total. The quantitative estimate of drug-likeness (QED) is 0.174. The van der Waals surface area contributed by atoms with Gasteiger partial charge in [0.15, 0.2) is 0 Å². The fourth-order valence-corrected chi connectivity index (χ4v) is 22.9. The van der Waals surface area contributed by atoms with E-state index in [0.29, 0.717) is 11.8 Å². The summed E-state index contributed by atoms with van der Waals surface area (Å²) < 4.78 is 0. The van der Waals surface area contributed by atoms with Crippen molar-refractivity contribution >= 4 is 0 Å². The number of hydrogen-bond acceptors (Lipinski definition) is 0. The zero-order valence-corrected chi connectivity index (χ0v) is 79.8. The van der Waals surface area contributed by atoms with Crippen LogP contribution in [0.4, 0.5) is 0 Å². The molecule has 14 fully saturated rings. The number of rotatable bonds is 14. The second kappa shape index (κ2) is 50.3. The molecule has 10 bridgehead atoms. The summed E-state index contributed by atoms with van der Waals surface area (Å²) in [5.41, 5.74) is 7.48. The highest BCUT2D eigenvalue weighted by Gasteiger charge is 2.69. The van der Waals surface area contributed by atoms with Gasteiger partial charge in [-0.1, -0.05) is 315 Å². The standard InChI is InChI=1S/2C14H26.2C13H24.C12H24.C12H18.C11H20.7C2H6/c1-11(2)13-5-8-14(9-6-13,10-7-13)12(3)4;1-9(2)13-7-12-6-5-11(13)8-14(12)10(3)4;1-8(2)12-6-11-5-10(12)7-13(11)9(3)4;1-10(2)12-5-7-13(9-12,8-6-12)11(3)4;2*1-9(2)11-5-7-12(8-6-11)10(3)4;1-8(2)10-5-11(6-10,7-10)9(3)4;7*1-2/h11-12H,5-10H2,1-4H3;9-14H,5-8H2,1-4H3;8-13H,5-7H2,1-4H3;10-11H,5-9H2,1-4H3;9-12H,5-8H2,1-4H3;5-10H,1-4H3;8-9H,5-7H2,1-4H3;7*1-2H3. The van der Waals surface area contributed by atoms with Crippen LogP contribution in [-0.4, -0.2) is 0 Å². The second-order valence-corrected chi connectivity index (χ2v) is 39.9. The predicted molar refractivity (Wildman–Crippen MR) is 477 cm³/mol. The van der Waals surface area contributed by atoms with E-state index in [-0.39, 0.29) is 0 Å². The average molecular weight is 1440 g/mol. The van der Waals surface area contributed by atoms with E-state index in [4.69, 9.17) is 0 Å². The normalized spacial score (nSPS) is 33.0. The van der Waals surface area contributed by atoms with E-state index >= 15 is 0 Å². The average Bonchev–Trinajstić information content (AvgIpc) is 1.45. The van der Waals surface area contributed by atoms with Gasteiger partial charge >= 0.3 is 0 Å². The van der Waals surface area contributed by atoms with Crippen LogP contribution < -0.4 is 0 Å². The molecule has 0 heteroatoms. The topological polar surface area (TPSA) is 0 Å². The fraction of sp³-hybridized carbons (Fsp3) is 0.942. The van der Waals surface area contributed by atoms with Crippen LogP contribution in [0.25, 0.3) is 0 Å². The van der Waals surface area contributed by atoms with Crippen molar-refractivity contribution < 1.29 is 0 Å². The summed E-state index contributed by atoms with van der Waals surface area (Å²) in [4.78, 5) is 0. The lowest BCUT2D eigenvalue weighted by Gasteiger charge is -2.75. The Morgan fingerprint density at radius 3 is 0.553 bits per heavy atom. The van der Waals surface area contributed by atoms with E-state index in [1.807, 2.05) is 96.9 Å². The van der Waals surface area contributed by atoms with Gasteiger partial charge in [-0.15, -0.1) is 0 Å². The summed E-state index contributed by atoms with van der Waals surface area (Å²) in [5.74, 6) is 23.0. The van der Waals surface area contributed by atoms with Crippen LogP contribution in [0.3, 0.4) is 0 Å². The van der Waals surface area contributed by atoms with E-state index < -0.39 is 0 Å². The molecule has 1 aromatic rings. The smallest absolute Gasteiger partial charge is 0.0219 e. The Morgan fingerprint density at radius 2 is 0.398 bits per heavy atom. The van der Waals surface area contributed by atoms with Crippen LogP contribution in [0.1, 0.15) is 474 Å². The lowest BCUT2D eigenvalue weighted by atomic mass is 9.30. The highest BCUT2D eigenvalue weighted by Crippen LogP contribution is 2.78. The zero-order chi connectivity index (χ0) is 80.5. The van der Waals surface area contributed by atoms with Gasteiger partial charge in [-0.05, 0) is 346 Å². The van der Waals surface area contributed by atoms with Crippen molar-refractivity contribution in [1.29, 1.82) is 0 Å². The highest BCUT2D eigenvalue weighted by molar-refractivity contribution is 5.26. The van der Waals surface area contributed by atoms with Crippen molar-refractivity contribution in [2.24, 2.45) is 163 Å². The Hall–Kier alpha value is -0.780. The predicted octanol–water partition coefficient (Wildman–Crippen LogP) is 35.9. The van der Waals surface area contributed by atoms with E-state index in [0.717, 1.165) is 163 Å². The van der Waals surface area contributed by atoms with Gasteiger partial charge in [0.25, 0.3) is 0 Å². The largest absolute Gasteiger partial charge is 0.0683 e. The van der Waals surface area contributed by atoms with Gasteiger partial charge in [0.05, 0.1) is 0 Å². The zero-order valence-electron chi connectivity index (χ0n) is 79.8. The Labute approximate surface area is 657 Å². The molecular weight excluding hydrogens is 1240 g/mol. The van der Waals surface area contributed by atoms with E-state index in [9.17, 15) is 0 Å². The molecule has 103 heavy (non-hydrogen) atoms. The van der Waals surface area contributed by atoms with Crippen LogP contribution in [-0.2, 0) is 0 Å². The van der Waals surface area contributed by atoms with Gasteiger partial charge in [-0.3, -0.25) is 0 Å². The molecule has 0 amide bonds. The van der Waals surface area contributed by atoms with Crippen molar-refractivity contribution in [3.05, 3.63) is 35.4 Å². The third-order valence-corrected chi connectivity index (χ3v) is 31.4.